The van der Waals surface area contributed by atoms with E-state index in [4.69, 9.17) is 15.2 Å². The van der Waals surface area contributed by atoms with Gasteiger partial charge in [-0.25, -0.2) is 0 Å². The van der Waals surface area contributed by atoms with Gasteiger partial charge in [-0.3, -0.25) is 0 Å². The maximum atomic E-state index is 6.39. The molecule has 0 saturated carbocycles. The Morgan fingerprint density at radius 1 is 1.37 bits per heavy atom. The van der Waals surface area contributed by atoms with E-state index in [0.717, 1.165) is 43.6 Å². The van der Waals surface area contributed by atoms with Crippen LogP contribution < -0.4 is 10.5 Å². The van der Waals surface area contributed by atoms with Crippen molar-refractivity contribution >= 4 is 0 Å². The van der Waals surface area contributed by atoms with Gasteiger partial charge in [-0.05, 0) is 19.4 Å². The molecule has 19 heavy (non-hydrogen) atoms. The van der Waals surface area contributed by atoms with Crippen molar-refractivity contribution in [2.24, 2.45) is 5.73 Å². The largest absolute Gasteiger partial charge is 0.487 e. The summed E-state index contributed by atoms with van der Waals surface area (Å²) in [5, 5.41) is 0. The van der Waals surface area contributed by atoms with Crippen LogP contribution in [0.5, 0.6) is 5.75 Å². The minimum atomic E-state index is -0.111. The Morgan fingerprint density at radius 3 is 3.00 bits per heavy atom. The normalized spacial score (nSPS) is 33.8. The lowest BCUT2D eigenvalue weighted by molar-refractivity contribution is -0.102. The minimum Gasteiger partial charge on any atom is -0.487 e. The lowest BCUT2D eigenvalue weighted by atomic mass is 9.80. The smallest absolute Gasteiger partial charge is 0.124 e. The van der Waals surface area contributed by atoms with Gasteiger partial charge in [0.15, 0.2) is 0 Å². The fourth-order valence-corrected chi connectivity index (χ4v) is 3.36. The van der Waals surface area contributed by atoms with E-state index in [1.54, 1.807) is 0 Å². The Kier molecular flexibility index (Phi) is 3.27. The first-order valence-corrected chi connectivity index (χ1v) is 7.29. The van der Waals surface area contributed by atoms with Crippen LogP contribution >= 0.6 is 0 Å². The molecule has 3 heteroatoms. The van der Waals surface area contributed by atoms with E-state index in [1.807, 2.05) is 0 Å². The quantitative estimate of drug-likeness (QED) is 0.844. The summed E-state index contributed by atoms with van der Waals surface area (Å²) in [4.78, 5) is 0. The van der Waals surface area contributed by atoms with Gasteiger partial charge in [0.05, 0.1) is 12.7 Å². The maximum Gasteiger partial charge on any atom is 0.124 e. The zero-order valence-electron chi connectivity index (χ0n) is 11.8. The van der Waals surface area contributed by atoms with Crippen LogP contribution in [0.15, 0.2) is 18.2 Å². The third-order valence-electron chi connectivity index (χ3n) is 4.45. The zero-order chi connectivity index (χ0) is 13.5. The number of rotatable bonds is 1. The third kappa shape index (κ3) is 2.37. The molecule has 2 N–H and O–H groups in total. The van der Waals surface area contributed by atoms with Gasteiger partial charge in [-0.15, -0.1) is 0 Å². The van der Waals surface area contributed by atoms with Crippen molar-refractivity contribution in [1.82, 2.24) is 0 Å². The van der Waals surface area contributed by atoms with Crippen molar-refractivity contribution in [3.05, 3.63) is 29.3 Å². The first-order valence-electron chi connectivity index (χ1n) is 7.29. The summed E-state index contributed by atoms with van der Waals surface area (Å²) in [7, 11) is 0. The SMILES string of the molecule is CCC1CC2(CCO1)C[C@@H](N)c1cc(C)ccc1O2. The molecule has 1 aromatic carbocycles. The lowest BCUT2D eigenvalue weighted by Crippen LogP contribution is -2.49. The predicted octanol–water partition coefficient (Wildman–Crippen LogP) is 3.11. The van der Waals surface area contributed by atoms with E-state index in [1.165, 1.54) is 5.56 Å². The molecule has 0 radical (unpaired) electrons. The highest BCUT2D eigenvalue weighted by Crippen LogP contribution is 2.44. The van der Waals surface area contributed by atoms with Gasteiger partial charge >= 0.3 is 0 Å². The van der Waals surface area contributed by atoms with Crippen LogP contribution in [-0.2, 0) is 4.74 Å². The van der Waals surface area contributed by atoms with Crippen LogP contribution in [0.3, 0.4) is 0 Å². The average Bonchev–Trinajstić information content (AvgIpc) is 2.40. The second kappa shape index (κ2) is 4.80. The molecule has 2 heterocycles. The monoisotopic (exact) mass is 261 g/mol. The summed E-state index contributed by atoms with van der Waals surface area (Å²) in [5.41, 5.74) is 8.68. The minimum absolute atomic E-state index is 0.0826. The predicted molar refractivity (Wildman–Crippen MR) is 75.3 cm³/mol. The molecule has 1 saturated heterocycles. The fourth-order valence-electron chi connectivity index (χ4n) is 3.36. The standard InChI is InChI=1S/C16H23NO2/c1-3-12-9-16(6-7-18-12)10-14(17)13-8-11(2)4-5-15(13)19-16/h4-5,8,12,14H,3,6-7,9-10,17H2,1-2H3/t12?,14-,16?/m1/s1. The molecule has 2 aliphatic rings. The van der Waals surface area contributed by atoms with Crippen molar-refractivity contribution in [2.45, 2.75) is 57.3 Å². The van der Waals surface area contributed by atoms with Crippen molar-refractivity contribution in [1.29, 1.82) is 0 Å². The van der Waals surface area contributed by atoms with Crippen LogP contribution in [0.4, 0.5) is 0 Å². The van der Waals surface area contributed by atoms with Crippen LogP contribution in [0.2, 0.25) is 0 Å². The molecule has 0 aromatic heterocycles. The number of hydrogen-bond acceptors (Lipinski definition) is 3. The lowest BCUT2D eigenvalue weighted by Gasteiger charge is -2.45. The highest BCUT2D eigenvalue weighted by molar-refractivity contribution is 5.41. The van der Waals surface area contributed by atoms with Gasteiger partial charge in [-0.1, -0.05) is 24.6 Å². The second-order valence-electron chi connectivity index (χ2n) is 5.99. The molecule has 1 fully saturated rings. The fraction of sp³-hybridized carbons (Fsp3) is 0.625. The Morgan fingerprint density at radius 2 is 2.21 bits per heavy atom. The Balaban J connectivity index is 1.89. The highest BCUT2D eigenvalue weighted by atomic mass is 16.5. The van der Waals surface area contributed by atoms with Crippen LogP contribution in [0.1, 0.15) is 49.8 Å². The number of hydrogen-bond donors (Lipinski definition) is 1. The summed E-state index contributed by atoms with van der Waals surface area (Å²) in [6, 6.07) is 6.41. The molecule has 3 nitrogen and oxygen atoms in total. The first-order chi connectivity index (χ1) is 9.12. The van der Waals surface area contributed by atoms with E-state index in [9.17, 15) is 0 Å². The highest BCUT2D eigenvalue weighted by Gasteiger charge is 2.43. The molecular weight excluding hydrogens is 238 g/mol. The van der Waals surface area contributed by atoms with Crippen molar-refractivity contribution in [2.75, 3.05) is 6.61 Å². The molecule has 0 amide bonds. The summed E-state index contributed by atoms with van der Waals surface area (Å²) >= 11 is 0. The van der Waals surface area contributed by atoms with Crippen LogP contribution in [0, 0.1) is 6.92 Å². The van der Waals surface area contributed by atoms with Crippen molar-refractivity contribution in [3.8, 4) is 5.75 Å². The summed E-state index contributed by atoms with van der Waals surface area (Å²) in [6.07, 6.45) is 4.17. The third-order valence-corrected chi connectivity index (χ3v) is 4.45. The van der Waals surface area contributed by atoms with Gasteiger partial charge in [0, 0.05) is 30.9 Å². The summed E-state index contributed by atoms with van der Waals surface area (Å²) in [6.45, 7) is 5.05. The number of aryl methyl sites for hydroxylation is 1. The molecule has 3 rings (SSSR count). The zero-order valence-corrected chi connectivity index (χ0v) is 11.8. The Hall–Kier alpha value is -1.06. The Labute approximate surface area is 115 Å². The van der Waals surface area contributed by atoms with Crippen molar-refractivity contribution < 1.29 is 9.47 Å². The first kappa shape index (κ1) is 12.9. The second-order valence-corrected chi connectivity index (χ2v) is 5.99. The summed E-state index contributed by atoms with van der Waals surface area (Å²) in [5.74, 6) is 0.973. The van der Waals surface area contributed by atoms with E-state index >= 15 is 0 Å². The number of fused-ring (bicyclic) bond motifs is 1. The van der Waals surface area contributed by atoms with Crippen LogP contribution in [0.25, 0.3) is 0 Å². The number of ether oxygens (including phenoxy) is 2. The molecule has 0 bridgehead atoms. The van der Waals surface area contributed by atoms with E-state index in [0.29, 0.717) is 6.10 Å². The van der Waals surface area contributed by atoms with Gasteiger partial charge in [0.1, 0.15) is 11.4 Å². The number of nitrogens with two attached hydrogens (primary N) is 1. The maximum absolute atomic E-state index is 6.39. The molecule has 2 aliphatic heterocycles. The topological polar surface area (TPSA) is 44.5 Å². The van der Waals surface area contributed by atoms with E-state index in [-0.39, 0.29) is 11.6 Å². The van der Waals surface area contributed by atoms with Gasteiger partial charge in [0.2, 0.25) is 0 Å². The molecule has 0 aliphatic carbocycles. The van der Waals surface area contributed by atoms with Crippen LogP contribution in [-0.4, -0.2) is 18.3 Å². The Bertz CT molecular complexity index is 474. The van der Waals surface area contributed by atoms with Gasteiger partial charge < -0.3 is 15.2 Å². The molecule has 1 aromatic rings. The van der Waals surface area contributed by atoms with Gasteiger partial charge in [-0.2, -0.15) is 0 Å². The summed E-state index contributed by atoms with van der Waals surface area (Å²) < 4.78 is 12.1. The molecule has 104 valence electrons. The van der Waals surface area contributed by atoms with E-state index in [2.05, 4.69) is 32.0 Å². The molecular formula is C16H23NO2. The molecule has 1 spiro atoms. The average molecular weight is 261 g/mol. The van der Waals surface area contributed by atoms with E-state index < -0.39 is 0 Å². The molecule has 3 atom stereocenters. The van der Waals surface area contributed by atoms with Gasteiger partial charge in [0.25, 0.3) is 0 Å². The van der Waals surface area contributed by atoms with Crippen molar-refractivity contribution in [3.63, 3.8) is 0 Å². The molecule has 2 unspecified atom stereocenters. The number of benzene rings is 1.